The number of rotatable bonds is 3. The normalized spacial score (nSPS) is 19.7. The Morgan fingerprint density at radius 3 is 3.17 bits per heavy atom. The van der Waals surface area contributed by atoms with E-state index in [0.717, 1.165) is 53.4 Å². The van der Waals surface area contributed by atoms with Crippen LogP contribution < -0.4 is 0 Å². The molecule has 1 aliphatic rings. The summed E-state index contributed by atoms with van der Waals surface area (Å²) >= 11 is 11.4. The second-order valence-electron chi connectivity index (χ2n) is 4.76. The van der Waals surface area contributed by atoms with Crippen molar-refractivity contribution in [1.29, 1.82) is 0 Å². The number of fused-ring (bicyclic) bond motifs is 1. The van der Waals surface area contributed by atoms with E-state index in [9.17, 15) is 0 Å². The molecule has 18 heavy (non-hydrogen) atoms. The maximum atomic E-state index is 6.05. The van der Waals surface area contributed by atoms with Crippen molar-refractivity contribution in [3.63, 3.8) is 0 Å². The number of ether oxygens (including phenoxy) is 1. The summed E-state index contributed by atoms with van der Waals surface area (Å²) in [6.45, 7) is 2.71. The highest BCUT2D eigenvalue weighted by molar-refractivity contribution is 7.71. The molecular formula is C13H15ClN2OS. The standard InChI is InChI=1S/C13H15ClN2OS/c14-10-1-2-11-12(7-10)16(13(18)15-11)5-3-9-4-6-17-8-9/h1-2,7,9H,3-6,8H2,(H,15,18). The number of imidazole rings is 1. The van der Waals surface area contributed by atoms with Gasteiger partial charge in [0.1, 0.15) is 0 Å². The van der Waals surface area contributed by atoms with Crippen molar-refractivity contribution in [3.8, 4) is 0 Å². The molecule has 1 atom stereocenters. The molecule has 1 unspecified atom stereocenters. The van der Waals surface area contributed by atoms with E-state index in [1.165, 1.54) is 0 Å². The Bertz CT molecular complexity index is 613. The second-order valence-corrected chi connectivity index (χ2v) is 5.58. The number of hydrogen-bond donors (Lipinski definition) is 1. The van der Waals surface area contributed by atoms with E-state index < -0.39 is 0 Å². The topological polar surface area (TPSA) is 29.9 Å². The molecule has 3 nitrogen and oxygen atoms in total. The predicted octanol–water partition coefficient (Wildman–Crippen LogP) is 3.78. The molecule has 2 aromatic rings. The Kier molecular flexibility index (Phi) is 3.41. The fourth-order valence-electron chi connectivity index (χ4n) is 2.47. The van der Waals surface area contributed by atoms with Crippen LogP contribution in [-0.4, -0.2) is 22.8 Å². The number of benzene rings is 1. The van der Waals surface area contributed by atoms with Crippen LogP contribution >= 0.6 is 23.8 Å². The summed E-state index contributed by atoms with van der Waals surface area (Å²) in [6.07, 6.45) is 2.27. The number of aromatic amines is 1. The van der Waals surface area contributed by atoms with Gasteiger partial charge in [-0.3, -0.25) is 0 Å². The van der Waals surface area contributed by atoms with Crippen molar-refractivity contribution >= 4 is 34.9 Å². The molecular weight excluding hydrogens is 268 g/mol. The third kappa shape index (κ3) is 2.32. The third-order valence-electron chi connectivity index (χ3n) is 3.52. The molecule has 2 heterocycles. The highest BCUT2D eigenvalue weighted by Gasteiger charge is 2.16. The average Bonchev–Trinajstić information content (AvgIpc) is 2.94. The Hall–Kier alpha value is -0.840. The molecule has 1 aromatic carbocycles. The van der Waals surface area contributed by atoms with Crippen LogP contribution in [0.1, 0.15) is 12.8 Å². The van der Waals surface area contributed by atoms with Crippen molar-refractivity contribution in [2.75, 3.05) is 13.2 Å². The lowest BCUT2D eigenvalue weighted by atomic mass is 10.1. The minimum absolute atomic E-state index is 0.663. The van der Waals surface area contributed by atoms with Crippen molar-refractivity contribution in [1.82, 2.24) is 9.55 Å². The first-order valence-corrected chi connectivity index (χ1v) is 6.98. The molecule has 1 fully saturated rings. The van der Waals surface area contributed by atoms with Crippen LogP contribution in [0.2, 0.25) is 5.02 Å². The van der Waals surface area contributed by atoms with Gasteiger partial charge in [-0.2, -0.15) is 0 Å². The van der Waals surface area contributed by atoms with Crippen LogP contribution in [0.5, 0.6) is 0 Å². The first kappa shape index (κ1) is 12.2. The lowest BCUT2D eigenvalue weighted by Crippen LogP contribution is -2.06. The summed E-state index contributed by atoms with van der Waals surface area (Å²) in [5.74, 6) is 0.663. The average molecular weight is 283 g/mol. The van der Waals surface area contributed by atoms with E-state index in [-0.39, 0.29) is 0 Å². The first-order chi connectivity index (χ1) is 8.74. The van der Waals surface area contributed by atoms with Crippen molar-refractivity contribution < 1.29 is 4.74 Å². The number of hydrogen-bond acceptors (Lipinski definition) is 2. The van der Waals surface area contributed by atoms with Crippen molar-refractivity contribution in [2.45, 2.75) is 19.4 Å². The minimum Gasteiger partial charge on any atom is -0.381 e. The molecule has 1 saturated heterocycles. The highest BCUT2D eigenvalue weighted by Crippen LogP contribution is 2.22. The van der Waals surface area contributed by atoms with Gasteiger partial charge >= 0.3 is 0 Å². The van der Waals surface area contributed by atoms with Crippen LogP contribution in [-0.2, 0) is 11.3 Å². The lowest BCUT2D eigenvalue weighted by molar-refractivity contribution is 0.183. The van der Waals surface area contributed by atoms with Gasteiger partial charge in [-0.1, -0.05) is 11.6 Å². The number of halogens is 1. The quantitative estimate of drug-likeness (QED) is 0.869. The molecule has 5 heteroatoms. The minimum atomic E-state index is 0.663. The van der Waals surface area contributed by atoms with E-state index in [2.05, 4.69) is 9.55 Å². The third-order valence-corrected chi connectivity index (χ3v) is 4.08. The molecule has 0 bridgehead atoms. The number of nitrogens with zero attached hydrogens (tertiary/aromatic N) is 1. The first-order valence-electron chi connectivity index (χ1n) is 6.20. The second kappa shape index (κ2) is 5.03. The molecule has 0 radical (unpaired) electrons. The monoisotopic (exact) mass is 282 g/mol. The van der Waals surface area contributed by atoms with Crippen molar-refractivity contribution in [3.05, 3.63) is 28.0 Å². The molecule has 0 aliphatic carbocycles. The van der Waals surface area contributed by atoms with Gasteiger partial charge in [0.25, 0.3) is 0 Å². The predicted molar refractivity (Wildman–Crippen MR) is 75.7 cm³/mol. The molecule has 0 saturated carbocycles. The van der Waals surface area contributed by atoms with E-state index in [1.54, 1.807) is 0 Å². The molecule has 0 amide bonds. The van der Waals surface area contributed by atoms with Gasteiger partial charge in [0, 0.05) is 24.8 Å². The van der Waals surface area contributed by atoms with Crippen LogP contribution in [0, 0.1) is 10.7 Å². The number of nitrogens with one attached hydrogen (secondary N) is 1. The van der Waals surface area contributed by atoms with Crippen LogP contribution in [0.4, 0.5) is 0 Å². The van der Waals surface area contributed by atoms with Crippen LogP contribution in [0.25, 0.3) is 11.0 Å². The van der Waals surface area contributed by atoms with Crippen molar-refractivity contribution in [2.24, 2.45) is 5.92 Å². The van der Waals surface area contributed by atoms with E-state index in [1.807, 2.05) is 18.2 Å². The maximum absolute atomic E-state index is 6.05. The maximum Gasteiger partial charge on any atom is 0.178 e. The van der Waals surface area contributed by atoms with Gasteiger partial charge in [0.2, 0.25) is 0 Å². The van der Waals surface area contributed by atoms with E-state index in [0.29, 0.717) is 5.92 Å². The Morgan fingerprint density at radius 2 is 2.39 bits per heavy atom. The summed E-state index contributed by atoms with van der Waals surface area (Å²) in [5.41, 5.74) is 2.14. The Morgan fingerprint density at radius 1 is 1.50 bits per heavy atom. The lowest BCUT2D eigenvalue weighted by Gasteiger charge is -2.09. The van der Waals surface area contributed by atoms with E-state index in [4.69, 9.17) is 28.6 Å². The summed E-state index contributed by atoms with van der Waals surface area (Å²) in [6, 6.07) is 5.82. The number of aromatic nitrogens is 2. The SMILES string of the molecule is S=c1[nH]c2ccc(Cl)cc2n1CCC1CCOC1. The Balaban J connectivity index is 1.87. The number of H-pyrrole nitrogens is 1. The van der Waals surface area contributed by atoms with Crippen LogP contribution in [0.3, 0.4) is 0 Å². The summed E-state index contributed by atoms with van der Waals surface area (Å²) in [7, 11) is 0. The summed E-state index contributed by atoms with van der Waals surface area (Å²) in [5, 5.41) is 0.745. The van der Waals surface area contributed by atoms with E-state index >= 15 is 0 Å². The molecule has 1 N–H and O–H groups in total. The molecule has 1 aliphatic heterocycles. The van der Waals surface area contributed by atoms with Gasteiger partial charge in [0.15, 0.2) is 4.77 Å². The fraction of sp³-hybridized carbons (Fsp3) is 0.462. The smallest absolute Gasteiger partial charge is 0.178 e. The van der Waals surface area contributed by atoms with Gasteiger partial charge in [-0.05, 0) is 49.2 Å². The summed E-state index contributed by atoms with van der Waals surface area (Å²) < 4.78 is 8.30. The zero-order valence-electron chi connectivity index (χ0n) is 9.99. The zero-order valence-corrected chi connectivity index (χ0v) is 11.6. The largest absolute Gasteiger partial charge is 0.381 e. The zero-order chi connectivity index (χ0) is 12.5. The van der Waals surface area contributed by atoms with Gasteiger partial charge < -0.3 is 14.3 Å². The van der Waals surface area contributed by atoms with Gasteiger partial charge in [0.05, 0.1) is 11.0 Å². The highest BCUT2D eigenvalue weighted by atomic mass is 35.5. The van der Waals surface area contributed by atoms with Gasteiger partial charge in [-0.25, -0.2) is 0 Å². The number of aryl methyl sites for hydroxylation is 1. The fourth-order valence-corrected chi connectivity index (χ4v) is 2.94. The molecule has 96 valence electrons. The molecule has 1 aromatic heterocycles. The Labute approximate surface area is 116 Å². The summed E-state index contributed by atoms with van der Waals surface area (Å²) in [4.78, 5) is 3.22. The van der Waals surface area contributed by atoms with Crippen LogP contribution in [0.15, 0.2) is 18.2 Å². The van der Waals surface area contributed by atoms with Gasteiger partial charge in [-0.15, -0.1) is 0 Å². The molecule has 3 rings (SSSR count). The molecule has 0 spiro atoms.